The first-order chi connectivity index (χ1) is 14.8. The Morgan fingerprint density at radius 3 is 2.81 bits per heavy atom. The maximum Gasteiger partial charge on any atom is 0.168 e. The van der Waals surface area contributed by atoms with Crippen molar-refractivity contribution in [2.75, 3.05) is 0 Å². The van der Waals surface area contributed by atoms with E-state index >= 15 is 0 Å². The number of aromatic nitrogens is 5. The average molecular weight is 468 g/mol. The van der Waals surface area contributed by atoms with Gasteiger partial charge >= 0.3 is 0 Å². The number of quaternary nitrogens is 1. The molecule has 0 saturated heterocycles. The average Bonchev–Trinajstić information content (AvgIpc) is 3.38. The monoisotopic (exact) mass is 467 g/mol. The first-order valence-corrected chi connectivity index (χ1v) is 12.9. The molecule has 31 heavy (non-hydrogen) atoms. The van der Waals surface area contributed by atoms with E-state index in [0.717, 1.165) is 32.6 Å². The van der Waals surface area contributed by atoms with Crippen LogP contribution in [0.5, 0.6) is 0 Å². The summed E-state index contributed by atoms with van der Waals surface area (Å²) in [5.74, 6) is 1.51. The van der Waals surface area contributed by atoms with Crippen molar-refractivity contribution < 1.29 is 5.32 Å². The fraction of sp³-hybridized carbons (Fsp3) is 0.364. The van der Waals surface area contributed by atoms with Crippen LogP contribution in [0.4, 0.5) is 0 Å². The Hall–Kier alpha value is -2.07. The van der Waals surface area contributed by atoms with Crippen LogP contribution < -0.4 is 5.32 Å². The number of nitrogens with two attached hydrogens (primary N) is 1. The van der Waals surface area contributed by atoms with Gasteiger partial charge in [-0.3, -0.25) is 0 Å². The van der Waals surface area contributed by atoms with Gasteiger partial charge < -0.3 is 5.32 Å². The predicted molar refractivity (Wildman–Crippen MR) is 128 cm³/mol. The van der Waals surface area contributed by atoms with E-state index in [-0.39, 0.29) is 11.1 Å². The molecular weight excluding hydrogens is 444 g/mol. The van der Waals surface area contributed by atoms with Gasteiger partial charge in [-0.1, -0.05) is 23.9 Å². The van der Waals surface area contributed by atoms with Crippen molar-refractivity contribution in [1.29, 1.82) is 0 Å². The molecule has 0 amide bonds. The Morgan fingerprint density at radius 1 is 1.13 bits per heavy atom. The molecule has 1 aliphatic heterocycles. The minimum absolute atomic E-state index is 0.0327. The van der Waals surface area contributed by atoms with Crippen LogP contribution in [0.1, 0.15) is 44.0 Å². The molecule has 4 aromatic heterocycles. The number of para-hydroxylation sites is 1. The van der Waals surface area contributed by atoms with Crippen molar-refractivity contribution in [2.24, 2.45) is 0 Å². The summed E-state index contributed by atoms with van der Waals surface area (Å²) in [6.45, 7) is 9.25. The normalized spacial score (nSPS) is 17.5. The zero-order valence-corrected chi connectivity index (χ0v) is 20.3. The second kappa shape index (κ2) is 6.71. The molecule has 9 heteroatoms. The van der Waals surface area contributed by atoms with E-state index in [1.807, 2.05) is 21.9 Å². The Balaban J connectivity index is 1.40. The number of rotatable bonds is 3. The zero-order chi connectivity index (χ0) is 21.4. The lowest BCUT2D eigenvalue weighted by atomic mass is 9.82. The van der Waals surface area contributed by atoms with E-state index in [9.17, 15) is 0 Å². The lowest BCUT2D eigenvalue weighted by Gasteiger charge is -2.38. The third-order valence-electron chi connectivity index (χ3n) is 5.74. The Kier molecular flexibility index (Phi) is 4.25. The van der Waals surface area contributed by atoms with Crippen LogP contribution in [0.15, 0.2) is 34.9 Å². The Labute approximate surface area is 192 Å². The summed E-state index contributed by atoms with van der Waals surface area (Å²) < 4.78 is 4.11. The van der Waals surface area contributed by atoms with Crippen molar-refractivity contribution in [2.45, 2.75) is 55.3 Å². The van der Waals surface area contributed by atoms with Crippen molar-refractivity contribution in [3.05, 3.63) is 46.9 Å². The minimum Gasteiger partial charge on any atom is -0.333 e. The number of fused-ring (bicyclic) bond motifs is 6. The number of benzene rings is 1. The molecule has 0 atom stereocenters. The highest BCUT2D eigenvalue weighted by Gasteiger charge is 2.43. The van der Waals surface area contributed by atoms with Crippen molar-refractivity contribution >= 4 is 60.5 Å². The van der Waals surface area contributed by atoms with Crippen molar-refractivity contribution in [3.63, 3.8) is 0 Å². The molecule has 0 saturated carbocycles. The van der Waals surface area contributed by atoms with Crippen LogP contribution in [-0.2, 0) is 17.7 Å². The first-order valence-electron chi connectivity index (χ1n) is 10.3. The molecule has 5 aromatic rings. The number of thiophene rings is 1. The highest BCUT2D eigenvalue weighted by atomic mass is 32.2. The van der Waals surface area contributed by atoms with Gasteiger partial charge in [0.15, 0.2) is 15.8 Å². The molecule has 2 N–H and O–H groups in total. The van der Waals surface area contributed by atoms with Crippen LogP contribution in [0.25, 0.3) is 26.1 Å². The van der Waals surface area contributed by atoms with Crippen molar-refractivity contribution in [3.8, 4) is 0 Å². The second-order valence-electron chi connectivity index (χ2n) is 9.40. The molecule has 6 rings (SSSR count). The second-order valence-corrected chi connectivity index (χ2v) is 12.7. The summed E-state index contributed by atoms with van der Waals surface area (Å²) in [6.07, 6.45) is 2.82. The molecule has 0 radical (unpaired) electrons. The number of hydrogen-bond donors (Lipinski definition) is 1. The molecule has 6 nitrogen and oxygen atoms in total. The summed E-state index contributed by atoms with van der Waals surface area (Å²) >= 11 is 5.22. The molecule has 0 unspecified atom stereocenters. The van der Waals surface area contributed by atoms with Crippen LogP contribution in [0.3, 0.4) is 0 Å². The third kappa shape index (κ3) is 3.26. The summed E-state index contributed by atoms with van der Waals surface area (Å²) in [4.78, 5) is 16.9. The molecule has 5 heterocycles. The maximum absolute atomic E-state index is 4.95. The third-order valence-corrected chi connectivity index (χ3v) is 9.39. The lowest BCUT2D eigenvalue weighted by Crippen LogP contribution is -3.03. The van der Waals surface area contributed by atoms with Gasteiger partial charge in [-0.25, -0.2) is 19.5 Å². The molecule has 0 bridgehead atoms. The Bertz CT molecular complexity index is 1430. The van der Waals surface area contributed by atoms with E-state index in [0.29, 0.717) is 5.75 Å². The standard InChI is InChI=1S/C22H22N6S3/c1-21(2)9-12-16-18-25-15(10-29-20-24-13-7-5-6-8-14(13)30-20)26-28(18)11-23-19(16)31-17(12)22(3,4)27-21/h5-8,11,27H,9-10H2,1-4H3/p+1. The molecule has 1 aliphatic rings. The summed E-state index contributed by atoms with van der Waals surface area (Å²) in [6, 6.07) is 8.25. The van der Waals surface area contributed by atoms with Gasteiger partial charge in [-0.2, -0.15) is 0 Å². The van der Waals surface area contributed by atoms with E-state index in [2.05, 4.69) is 51.2 Å². The summed E-state index contributed by atoms with van der Waals surface area (Å²) in [7, 11) is 0. The van der Waals surface area contributed by atoms with Gasteiger partial charge in [0.1, 0.15) is 16.7 Å². The highest BCUT2D eigenvalue weighted by molar-refractivity contribution is 8.00. The summed E-state index contributed by atoms with van der Waals surface area (Å²) in [5.41, 5.74) is 3.55. The van der Waals surface area contributed by atoms with Crippen molar-refractivity contribution in [1.82, 2.24) is 24.6 Å². The number of thiazole rings is 1. The number of hydrogen-bond acceptors (Lipinski definition) is 7. The van der Waals surface area contributed by atoms with Gasteiger partial charge in [0, 0.05) is 6.42 Å². The van der Waals surface area contributed by atoms with Crippen LogP contribution >= 0.6 is 34.4 Å². The molecular formula is C22H23N6S3+. The van der Waals surface area contributed by atoms with Crippen LogP contribution in [-0.4, -0.2) is 30.1 Å². The highest BCUT2D eigenvalue weighted by Crippen LogP contribution is 2.41. The molecule has 0 spiro atoms. The Morgan fingerprint density at radius 2 is 1.97 bits per heavy atom. The molecule has 1 aromatic carbocycles. The van der Waals surface area contributed by atoms with Crippen LogP contribution in [0, 0.1) is 0 Å². The fourth-order valence-electron chi connectivity index (χ4n) is 4.84. The van der Waals surface area contributed by atoms with E-state index in [1.165, 1.54) is 20.5 Å². The largest absolute Gasteiger partial charge is 0.333 e. The van der Waals surface area contributed by atoms with E-state index in [1.54, 1.807) is 29.4 Å². The first kappa shape index (κ1) is 19.6. The predicted octanol–water partition coefficient (Wildman–Crippen LogP) is 4.37. The van der Waals surface area contributed by atoms with Gasteiger partial charge in [-0.15, -0.1) is 27.8 Å². The lowest BCUT2D eigenvalue weighted by molar-refractivity contribution is -0.789. The topological polar surface area (TPSA) is 72.6 Å². The molecule has 0 aliphatic carbocycles. The molecule has 158 valence electrons. The smallest absolute Gasteiger partial charge is 0.168 e. The number of nitrogens with zero attached hydrogens (tertiary/aromatic N) is 5. The van der Waals surface area contributed by atoms with Crippen LogP contribution in [0.2, 0.25) is 0 Å². The van der Waals surface area contributed by atoms with Gasteiger partial charge in [0.05, 0.1) is 31.8 Å². The maximum atomic E-state index is 4.95. The fourth-order valence-corrected chi connectivity index (χ4v) is 7.98. The zero-order valence-electron chi connectivity index (χ0n) is 17.8. The van der Waals surface area contributed by atoms with E-state index < -0.39 is 0 Å². The minimum atomic E-state index is 0.0327. The quantitative estimate of drug-likeness (QED) is 0.399. The SMILES string of the molecule is CC1(C)Cc2c(sc3ncn4nc(CSc5nc6ccccc6s5)nc4c23)C(C)(C)[NH2+]1. The van der Waals surface area contributed by atoms with Gasteiger partial charge in [0.25, 0.3) is 0 Å². The number of thioether (sulfide) groups is 1. The summed E-state index contributed by atoms with van der Waals surface area (Å²) in [5, 5.41) is 8.39. The molecule has 0 fully saturated rings. The van der Waals surface area contributed by atoms with E-state index in [4.69, 9.17) is 20.1 Å². The van der Waals surface area contributed by atoms with Gasteiger partial charge in [-0.05, 0) is 45.4 Å². The van der Waals surface area contributed by atoms with Gasteiger partial charge in [0.2, 0.25) is 0 Å².